The Kier molecular flexibility index (Phi) is 8.69. The van der Waals surface area contributed by atoms with Gasteiger partial charge < -0.3 is 19.3 Å². The van der Waals surface area contributed by atoms with E-state index in [1.807, 2.05) is 73.3 Å². The van der Waals surface area contributed by atoms with Gasteiger partial charge in [0.1, 0.15) is 11.3 Å². The maximum Gasteiger partial charge on any atom is 0.341 e. The van der Waals surface area contributed by atoms with E-state index in [4.69, 9.17) is 4.74 Å². The van der Waals surface area contributed by atoms with E-state index < -0.39 is 22.8 Å². The monoisotopic (exact) mass is 530 g/mol. The standard InChI is InChI=1S/C30H29FN2O4.C2H6/c1-3-19-13-14-32(16-19)27-25(31)15-23-26(29(27)37-2)33(18-24(28(23)34)30(35)36)17-20-9-11-22(12-10-20)21-7-5-4-6-8-21;1-2/h4-12,15,18-19H,3,13-14,16-17H2,1-2H3,(H,35,36);1-2H3. The molecule has 6 nitrogen and oxygen atoms in total. The van der Waals surface area contributed by atoms with Crippen LogP contribution in [0.15, 0.2) is 71.7 Å². The molecule has 2 heterocycles. The van der Waals surface area contributed by atoms with Crippen LogP contribution in [-0.2, 0) is 6.54 Å². The number of nitrogens with zero attached hydrogens (tertiary/aromatic N) is 2. The first-order chi connectivity index (χ1) is 18.9. The van der Waals surface area contributed by atoms with Crippen LogP contribution < -0.4 is 15.1 Å². The van der Waals surface area contributed by atoms with Crippen LogP contribution in [0, 0.1) is 11.7 Å². The van der Waals surface area contributed by atoms with Crippen LogP contribution in [0.3, 0.4) is 0 Å². The second-order valence-corrected chi connectivity index (χ2v) is 9.51. The van der Waals surface area contributed by atoms with E-state index in [-0.39, 0.29) is 17.7 Å². The molecule has 0 radical (unpaired) electrons. The maximum atomic E-state index is 15.5. The lowest BCUT2D eigenvalue weighted by atomic mass is 10.0. The highest BCUT2D eigenvalue weighted by Crippen LogP contribution is 2.40. The number of hydrogen-bond acceptors (Lipinski definition) is 4. The first-order valence-electron chi connectivity index (χ1n) is 13.5. The molecule has 0 saturated carbocycles. The minimum atomic E-state index is -1.35. The Morgan fingerprint density at radius 3 is 2.33 bits per heavy atom. The van der Waals surface area contributed by atoms with E-state index in [1.54, 1.807) is 4.57 Å². The average molecular weight is 531 g/mol. The molecule has 1 saturated heterocycles. The number of fused-ring (bicyclic) bond motifs is 1. The summed E-state index contributed by atoms with van der Waals surface area (Å²) >= 11 is 0. The molecule has 1 aromatic heterocycles. The van der Waals surface area contributed by atoms with Gasteiger partial charge in [-0.2, -0.15) is 0 Å². The molecule has 3 aromatic carbocycles. The van der Waals surface area contributed by atoms with Gasteiger partial charge in [0.2, 0.25) is 5.43 Å². The van der Waals surface area contributed by atoms with Gasteiger partial charge in [-0.1, -0.05) is 81.8 Å². The fraction of sp³-hybridized carbons (Fsp3) is 0.312. The highest BCUT2D eigenvalue weighted by atomic mass is 19.1. The molecule has 7 heteroatoms. The fourth-order valence-electron chi connectivity index (χ4n) is 5.25. The normalized spacial score (nSPS) is 14.7. The predicted molar refractivity (Wildman–Crippen MR) is 155 cm³/mol. The van der Waals surface area contributed by atoms with Gasteiger partial charge in [-0.05, 0) is 35.1 Å². The third-order valence-corrected chi connectivity index (χ3v) is 7.27. The average Bonchev–Trinajstić information content (AvgIpc) is 3.44. The van der Waals surface area contributed by atoms with Crippen LogP contribution in [0.4, 0.5) is 10.1 Å². The molecule has 39 heavy (non-hydrogen) atoms. The van der Waals surface area contributed by atoms with E-state index in [1.165, 1.54) is 13.3 Å². The first-order valence-corrected chi connectivity index (χ1v) is 13.5. The molecule has 0 aliphatic carbocycles. The Morgan fingerprint density at radius 1 is 1.08 bits per heavy atom. The summed E-state index contributed by atoms with van der Waals surface area (Å²) in [5, 5.41) is 9.70. The van der Waals surface area contributed by atoms with Crippen molar-refractivity contribution in [1.82, 2.24) is 4.57 Å². The van der Waals surface area contributed by atoms with Crippen LogP contribution in [-0.4, -0.2) is 35.8 Å². The number of aromatic nitrogens is 1. The first kappa shape index (κ1) is 27.9. The number of rotatable bonds is 7. The number of aromatic carboxylic acids is 1. The van der Waals surface area contributed by atoms with Crippen LogP contribution in [0.2, 0.25) is 0 Å². The zero-order valence-electron chi connectivity index (χ0n) is 22.9. The van der Waals surface area contributed by atoms with Gasteiger partial charge in [0.15, 0.2) is 11.6 Å². The van der Waals surface area contributed by atoms with E-state index in [0.717, 1.165) is 35.6 Å². The van der Waals surface area contributed by atoms with Crippen molar-refractivity contribution in [3.8, 4) is 16.9 Å². The number of benzene rings is 3. The molecule has 1 N–H and O–H groups in total. The van der Waals surface area contributed by atoms with E-state index in [0.29, 0.717) is 30.2 Å². The van der Waals surface area contributed by atoms with E-state index in [9.17, 15) is 14.7 Å². The minimum Gasteiger partial charge on any atom is -0.492 e. The van der Waals surface area contributed by atoms with Crippen LogP contribution >= 0.6 is 0 Å². The SMILES string of the molecule is CC.CCC1CCN(c2c(F)cc3c(=O)c(C(=O)O)cn(Cc4ccc(-c5ccccc5)cc4)c3c2OC)C1. The van der Waals surface area contributed by atoms with Gasteiger partial charge in [0, 0.05) is 25.8 Å². The second-order valence-electron chi connectivity index (χ2n) is 9.51. The molecule has 0 spiro atoms. The van der Waals surface area contributed by atoms with Crippen molar-refractivity contribution in [2.75, 3.05) is 25.1 Å². The molecule has 1 aliphatic heterocycles. The Bertz CT molecular complexity index is 1510. The molecule has 1 fully saturated rings. The highest BCUT2D eigenvalue weighted by molar-refractivity contribution is 5.97. The zero-order valence-corrected chi connectivity index (χ0v) is 22.9. The van der Waals surface area contributed by atoms with Crippen molar-refractivity contribution >= 4 is 22.6 Å². The Hall–Kier alpha value is -4.13. The van der Waals surface area contributed by atoms with Gasteiger partial charge in [-0.25, -0.2) is 9.18 Å². The summed E-state index contributed by atoms with van der Waals surface area (Å²) in [6.45, 7) is 7.80. The summed E-state index contributed by atoms with van der Waals surface area (Å²) in [5.41, 5.74) is 2.63. The molecular weight excluding hydrogens is 495 g/mol. The van der Waals surface area contributed by atoms with Gasteiger partial charge in [0.05, 0.1) is 18.0 Å². The van der Waals surface area contributed by atoms with Crippen molar-refractivity contribution in [3.63, 3.8) is 0 Å². The van der Waals surface area contributed by atoms with Crippen LogP contribution in [0.5, 0.6) is 5.75 Å². The third-order valence-electron chi connectivity index (χ3n) is 7.27. The lowest BCUT2D eigenvalue weighted by molar-refractivity contribution is 0.0695. The number of methoxy groups -OCH3 is 1. The number of hydrogen-bond donors (Lipinski definition) is 1. The van der Waals surface area contributed by atoms with Crippen molar-refractivity contribution < 1.29 is 19.0 Å². The molecule has 0 bridgehead atoms. The fourth-order valence-corrected chi connectivity index (χ4v) is 5.25. The summed E-state index contributed by atoms with van der Waals surface area (Å²) in [6.07, 6.45) is 3.29. The Labute approximate surface area is 228 Å². The van der Waals surface area contributed by atoms with Gasteiger partial charge in [-0.3, -0.25) is 4.79 Å². The predicted octanol–water partition coefficient (Wildman–Crippen LogP) is 6.83. The summed E-state index contributed by atoms with van der Waals surface area (Å²) in [6, 6.07) is 19.1. The van der Waals surface area contributed by atoms with Crippen molar-refractivity contribution in [1.29, 1.82) is 0 Å². The summed E-state index contributed by atoms with van der Waals surface area (Å²) in [4.78, 5) is 27.0. The molecule has 4 aromatic rings. The van der Waals surface area contributed by atoms with E-state index in [2.05, 4.69) is 6.92 Å². The number of ether oxygens (including phenoxy) is 1. The maximum absolute atomic E-state index is 15.5. The molecule has 0 amide bonds. The summed E-state index contributed by atoms with van der Waals surface area (Å²) in [5.74, 6) is -1.23. The number of carbonyl (C=O) groups is 1. The number of halogens is 1. The van der Waals surface area contributed by atoms with Crippen LogP contribution in [0.1, 0.15) is 49.5 Å². The lowest BCUT2D eigenvalue weighted by Crippen LogP contribution is -2.24. The second kappa shape index (κ2) is 12.2. The van der Waals surface area contributed by atoms with Crippen LogP contribution in [0.25, 0.3) is 22.0 Å². The quantitative estimate of drug-likeness (QED) is 0.284. The highest BCUT2D eigenvalue weighted by Gasteiger charge is 2.29. The molecule has 204 valence electrons. The molecule has 1 unspecified atom stereocenters. The van der Waals surface area contributed by atoms with Crippen molar-refractivity contribution in [2.24, 2.45) is 5.92 Å². The molecule has 5 rings (SSSR count). The van der Waals surface area contributed by atoms with Gasteiger partial charge in [0.25, 0.3) is 0 Å². The lowest BCUT2D eigenvalue weighted by Gasteiger charge is -2.25. The number of carboxylic acid groups (broad SMARTS) is 1. The molecule has 1 atom stereocenters. The number of anilines is 1. The summed E-state index contributed by atoms with van der Waals surface area (Å²) < 4.78 is 22.9. The molecular formula is C32H35FN2O4. The van der Waals surface area contributed by atoms with E-state index >= 15 is 4.39 Å². The number of carboxylic acids is 1. The minimum absolute atomic E-state index is 0.00913. The molecule has 1 aliphatic rings. The summed E-state index contributed by atoms with van der Waals surface area (Å²) in [7, 11) is 1.46. The topological polar surface area (TPSA) is 71.8 Å². The zero-order chi connectivity index (χ0) is 28.1. The Balaban J connectivity index is 0.00000172. The van der Waals surface area contributed by atoms with Crippen molar-refractivity contribution in [2.45, 2.75) is 40.2 Å². The van der Waals surface area contributed by atoms with Gasteiger partial charge in [-0.15, -0.1) is 0 Å². The number of pyridine rings is 1. The van der Waals surface area contributed by atoms with Crippen molar-refractivity contribution in [3.05, 3.63) is 94.0 Å². The third kappa shape index (κ3) is 5.53. The Morgan fingerprint density at radius 2 is 1.74 bits per heavy atom. The van der Waals surface area contributed by atoms with Gasteiger partial charge >= 0.3 is 5.97 Å². The smallest absolute Gasteiger partial charge is 0.341 e. The largest absolute Gasteiger partial charge is 0.492 e.